The minimum atomic E-state index is -0.613. The summed E-state index contributed by atoms with van der Waals surface area (Å²) in [6.45, 7) is 3.87. The highest BCUT2D eigenvalue weighted by molar-refractivity contribution is 7.14. The van der Waals surface area contributed by atoms with Crippen LogP contribution in [0.4, 0.5) is 10.1 Å². The van der Waals surface area contributed by atoms with Gasteiger partial charge in [-0.15, -0.1) is 11.3 Å². The molecule has 94 valence electrons. The number of hydrogen-bond acceptors (Lipinski definition) is 2. The number of hydrogen-bond donors (Lipinski definition) is 1. The molecule has 1 N–H and O–H groups in total. The summed E-state index contributed by atoms with van der Waals surface area (Å²) in [5, 5.41) is 2.51. The van der Waals surface area contributed by atoms with E-state index in [0.29, 0.717) is 4.88 Å². The molecule has 0 spiro atoms. The Labute approximate surface area is 113 Å². The lowest BCUT2D eigenvalue weighted by Crippen LogP contribution is -2.11. The molecule has 0 fully saturated rings. The number of nitrogens with one attached hydrogen (secondary N) is 1. The number of thiophene rings is 1. The summed E-state index contributed by atoms with van der Waals surface area (Å²) in [5.74, 6) is -0.935. The molecule has 0 saturated carbocycles. The van der Waals surface area contributed by atoms with Crippen molar-refractivity contribution in [3.05, 3.63) is 50.4 Å². The summed E-state index contributed by atoms with van der Waals surface area (Å²) < 4.78 is 13.6. The summed E-state index contributed by atoms with van der Waals surface area (Å²) >= 11 is 7.03. The van der Waals surface area contributed by atoms with Crippen LogP contribution in [0, 0.1) is 19.7 Å². The second-order valence-electron chi connectivity index (χ2n) is 3.91. The predicted molar refractivity (Wildman–Crippen MR) is 73.2 cm³/mol. The average molecular weight is 284 g/mol. The van der Waals surface area contributed by atoms with Crippen molar-refractivity contribution in [2.75, 3.05) is 5.32 Å². The molecular formula is C13H11ClFNOS. The zero-order chi connectivity index (χ0) is 13.3. The van der Waals surface area contributed by atoms with E-state index in [0.717, 1.165) is 10.4 Å². The van der Waals surface area contributed by atoms with E-state index in [1.54, 1.807) is 12.1 Å². The number of carbonyl (C=O) groups excluding carboxylic acids is 1. The van der Waals surface area contributed by atoms with Crippen LogP contribution in [0.1, 0.15) is 20.1 Å². The molecule has 1 heterocycles. The molecule has 0 aliphatic heterocycles. The highest BCUT2D eigenvalue weighted by Crippen LogP contribution is 2.25. The van der Waals surface area contributed by atoms with Crippen molar-refractivity contribution in [3.63, 3.8) is 0 Å². The fourth-order valence-corrected chi connectivity index (χ4v) is 2.57. The van der Waals surface area contributed by atoms with Gasteiger partial charge in [-0.3, -0.25) is 4.79 Å². The van der Waals surface area contributed by atoms with Crippen LogP contribution in [0.5, 0.6) is 0 Å². The Morgan fingerprint density at radius 1 is 1.39 bits per heavy atom. The van der Waals surface area contributed by atoms with Gasteiger partial charge in [-0.25, -0.2) is 4.39 Å². The van der Waals surface area contributed by atoms with Crippen molar-refractivity contribution < 1.29 is 9.18 Å². The van der Waals surface area contributed by atoms with Crippen LogP contribution in [-0.4, -0.2) is 5.91 Å². The van der Waals surface area contributed by atoms with Crippen LogP contribution in [0.15, 0.2) is 24.3 Å². The first-order valence-electron chi connectivity index (χ1n) is 5.31. The van der Waals surface area contributed by atoms with Crippen LogP contribution >= 0.6 is 22.9 Å². The molecule has 0 unspecified atom stereocenters. The average Bonchev–Trinajstić information content (AvgIpc) is 2.66. The summed E-state index contributed by atoms with van der Waals surface area (Å²) in [4.78, 5) is 13.6. The molecule has 2 aromatic rings. The third kappa shape index (κ3) is 2.54. The van der Waals surface area contributed by atoms with E-state index < -0.39 is 5.82 Å². The third-order valence-corrected chi connectivity index (χ3v) is 4.03. The van der Waals surface area contributed by atoms with Gasteiger partial charge in [0.05, 0.1) is 15.6 Å². The minimum absolute atomic E-state index is 0.00802. The van der Waals surface area contributed by atoms with Crippen molar-refractivity contribution in [3.8, 4) is 0 Å². The van der Waals surface area contributed by atoms with Crippen LogP contribution in [0.3, 0.4) is 0 Å². The first-order valence-corrected chi connectivity index (χ1v) is 6.51. The molecule has 0 atom stereocenters. The summed E-state index contributed by atoms with van der Waals surface area (Å²) in [7, 11) is 0. The second-order valence-corrected chi connectivity index (χ2v) is 5.57. The largest absolute Gasteiger partial charge is 0.319 e. The SMILES string of the molecule is Cc1cc(C(=O)Nc2cccc(Cl)c2F)sc1C. The van der Waals surface area contributed by atoms with Crippen LogP contribution < -0.4 is 5.32 Å². The van der Waals surface area contributed by atoms with E-state index in [1.807, 2.05) is 13.8 Å². The van der Waals surface area contributed by atoms with Gasteiger partial charge in [0.2, 0.25) is 0 Å². The molecule has 1 aromatic carbocycles. The van der Waals surface area contributed by atoms with Gasteiger partial charge in [0, 0.05) is 4.88 Å². The van der Waals surface area contributed by atoms with Gasteiger partial charge in [-0.1, -0.05) is 17.7 Å². The Morgan fingerprint density at radius 2 is 2.11 bits per heavy atom. The standard InChI is InChI=1S/C13H11ClFNOS/c1-7-6-11(18-8(7)2)13(17)16-10-5-3-4-9(14)12(10)15/h3-6H,1-2H3,(H,16,17). The van der Waals surface area contributed by atoms with Crippen LogP contribution in [-0.2, 0) is 0 Å². The lowest BCUT2D eigenvalue weighted by atomic mass is 10.2. The Kier molecular flexibility index (Phi) is 3.68. The summed E-state index contributed by atoms with van der Waals surface area (Å²) in [6.07, 6.45) is 0. The maximum atomic E-state index is 13.6. The predicted octanol–water partition coefficient (Wildman–Crippen LogP) is 4.41. The summed E-state index contributed by atoms with van der Waals surface area (Å²) in [5.41, 5.74) is 1.15. The first-order chi connectivity index (χ1) is 8.49. The highest BCUT2D eigenvalue weighted by Gasteiger charge is 2.13. The van der Waals surface area contributed by atoms with Crippen molar-refractivity contribution in [1.82, 2.24) is 0 Å². The molecule has 2 nitrogen and oxygen atoms in total. The summed E-state index contributed by atoms with van der Waals surface area (Å²) in [6, 6.07) is 6.29. The number of halogens is 2. The number of anilines is 1. The van der Waals surface area contributed by atoms with E-state index in [9.17, 15) is 9.18 Å². The van der Waals surface area contributed by atoms with E-state index in [4.69, 9.17) is 11.6 Å². The van der Waals surface area contributed by atoms with Crippen LogP contribution in [0.2, 0.25) is 5.02 Å². The van der Waals surface area contributed by atoms with Crippen molar-refractivity contribution in [2.24, 2.45) is 0 Å². The van der Waals surface area contributed by atoms with Gasteiger partial charge in [-0.05, 0) is 37.6 Å². The van der Waals surface area contributed by atoms with Crippen molar-refractivity contribution in [1.29, 1.82) is 0 Å². The van der Waals surface area contributed by atoms with Crippen LogP contribution in [0.25, 0.3) is 0 Å². The lowest BCUT2D eigenvalue weighted by Gasteiger charge is -2.05. The van der Waals surface area contributed by atoms with E-state index >= 15 is 0 Å². The molecule has 18 heavy (non-hydrogen) atoms. The quantitative estimate of drug-likeness (QED) is 0.869. The number of carbonyl (C=O) groups is 1. The molecular weight excluding hydrogens is 273 g/mol. The van der Waals surface area contributed by atoms with E-state index in [-0.39, 0.29) is 16.6 Å². The molecule has 0 radical (unpaired) electrons. The number of benzene rings is 1. The van der Waals surface area contributed by atoms with E-state index in [2.05, 4.69) is 5.32 Å². The second kappa shape index (κ2) is 5.08. The Balaban J connectivity index is 2.24. The number of amides is 1. The number of rotatable bonds is 2. The van der Waals surface area contributed by atoms with Gasteiger partial charge < -0.3 is 5.32 Å². The Bertz CT molecular complexity index is 590. The fraction of sp³-hybridized carbons (Fsp3) is 0.154. The van der Waals surface area contributed by atoms with Gasteiger partial charge in [0.15, 0.2) is 5.82 Å². The fourth-order valence-electron chi connectivity index (χ4n) is 1.47. The Hall–Kier alpha value is -1.39. The lowest BCUT2D eigenvalue weighted by molar-refractivity contribution is 0.103. The smallest absolute Gasteiger partial charge is 0.265 e. The maximum Gasteiger partial charge on any atom is 0.265 e. The van der Waals surface area contributed by atoms with Crippen molar-refractivity contribution >= 4 is 34.5 Å². The number of aryl methyl sites for hydroxylation is 2. The highest BCUT2D eigenvalue weighted by atomic mass is 35.5. The molecule has 0 aliphatic carbocycles. The molecule has 1 amide bonds. The minimum Gasteiger partial charge on any atom is -0.319 e. The van der Waals surface area contributed by atoms with Gasteiger partial charge in [0.25, 0.3) is 5.91 Å². The van der Waals surface area contributed by atoms with E-state index in [1.165, 1.54) is 23.5 Å². The zero-order valence-electron chi connectivity index (χ0n) is 9.88. The van der Waals surface area contributed by atoms with Gasteiger partial charge in [0.1, 0.15) is 0 Å². The molecule has 0 saturated heterocycles. The topological polar surface area (TPSA) is 29.1 Å². The molecule has 1 aromatic heterocycles. The third-order valence-electron chi connectivity index (χ3n) is 2.59. The van der Waals surface area contributed by atoms with Gasteiger partial charge in [-0.2, -0.15) is 0 Å². The first kappa shape index (κ1) is 13.1. The Morgan fingerprint density at radius 3 is 2.72 bits per heavy atom. The molecule has 5 heteroatoms. The normalized spacial score (nSPS) is 10.4. The zero-order valence-corrected chi connectivity index (χ0v) is 11.5. The molecule has 0 aliphatic rings. The van der Waals surface area contributed by atoms with Crippen molar-refractivity contribution in [2.45, 2.75) is 13.8 Å². The monoisotopic (exact) mass is 283 g/mol. The maximum absolute atomic E-state index is 13.6. The molecule has 2 rings (SSSR count). The van der Waals surface area contributed by atoms with Gasteiger partial charge >= 0.3 is 0 Å². The molecule has 0 bridgehead atoms.